The number of thiophene rings is 1. The summed E-state index contributed by atoms with van der Waals surface area (Å²) in [4.78, 5) is 1.31. The van der Waals surface area contributed by atoms with Gasteiger partial charge in [0.25, 0.3) is 0 Å². The number of benzene rings is 1. The number of nitrogens with one attached hydrogen (secondary N) is 1. The van der Waals surface area contributed by atoms with Crippen LogP contribution in [0.3, 0.4) is 0 Å². The molecule has 0 bridgehead atoms. The van der Waals surface area contributed by atoms with Crippen LogP contribution in [0.1, 0.15) is 16.0 Å². The number of hydrogen-bond acceptors (Lipinski definition) is 3. The van der Waals surface area contributed by atoms with Crippen molar-refractivity contribution >= 4 is 11.3 Å². The minimum Gasteiger partial charge on any atom is -0.312 e. The molecule has 1 aromatic carbocycles. The van der Waals surface area contributed by atoms with Crippen LogP contribution in [0.4, 0.5) is 4.39 Å². The van der Waals surface area contributed by atoms with Crippen molar-refractivity contribution in [3.8, 4) is 6.07 Å². The van der Waals surface area contributed by atoms with Gasteiger partial charge in [-0.15, -0.1) is 11.3 Å². The van der Waals surface area contributed by atoms with Crippen LogP contribution in [0.25, 0.3) is 0 Å². The van der Waals surface area contributed by atoms with E-state index in [0.29, 0.717) is 12.1 Å². The van der Waals surface area contributed by atoms with E-state index < -0.39 is 5.82 Å². The molecule has 0 fully saturated rings. The molecule has 0 saturated carbocycles. The van der Waals surface area contributed by atoms with Crippen molar-refractivity contribution in [3.05, 3.63) is 57.5 Å². The third-order valence-electron chi connectivity index (χ3n) is 2.64. The number of nitriles is 1. The van der Waals surface area contributed by atoms with Crippen molar-refractivity contribution in [2.24, 2.45) is 0 Å². The lowest BCUT2D eigenvalue weighted by Crippen LogP contribution is -2.17. The summed E-state index contributed by atoms with van der Waals surface area (Å²) >= 11 is 1.72. The number of nitrogens with zero attached hydrogens (tertiary/aromatic N) is 1. The molecule has 18 heavy (non-hydrogen) atoms. The monoisotopic (exact) mass is 260 g/mol. The van der Waals surface area contributed by atoms with Crippen LogP contribution in [0.5, 0.6) is 0 Å². The zero-order valence-corrected chi connectivity index (χ0v) is 10.6. The van der Waals surface area contributed by atoms with Gasteiger partial charge in [-0.1, -0.05) is 18.2 Å². The van der Waals surface area contributed by atoms with Gasteiger partial charge in [0.2, 0.25) is 0 Å². The first-order chi connectivity index (χ1) is 8.81. The highest BCUT2D eigenvalue weighted by Gasteiger charge is 2.06. The average molecular weight is 260 g/mol. The Kier molecular flexibility index (Phi) is 4.46. The third-order valence-corrected chi connectivity index (χ3v) is 3.58. The predicted molar refractivity (Wildman–Crippen MR) is 70.8 cm³/mol. The van der Waals surface area contributed by atoms with Crippen LogP contribution in [0.15, 0.2) is 35.7 Å². The molecule has 0 saturated heterocycles. The van der Waals surface area contributed by atoms with Crippen molar-refractivity contribution in [2.75, 3.05) is 6.54 Å². The first-order valence-electron chi connectivity index (χ1n) is 5.72. The van der Waals surface area contributed by atoms with E-state index in [1.54, 1.807) is 23.5 Å². The number of halogens is 1. The Morgan fingerprint density at radius 1 is 1.28 bits per heavy atom. The van der Waals surface area contributed by atoms with Crippen LogP contribution < -0.4 is 5.32 Å². The highest BCUT2D eigenvalue weighted by molar-refractivity contribution is 7.09. The molecule has 2 nitrogen and oxygen atoms in total. The maximum Gasteiger partial charge on any atom is 0.145 e. The fourth-order valence-corrected chi connectivity index (χ4v) is 2.40. The molecule has 1 N–H and O–H groups in total. The molecule has 0 radical (unpaired) electrons. The molecule has 0 spiro atoms. The smallest absolute Gasteiger partial charge is 0.145 e. The lowest BCUT2D eigenvalue weighted by molar-refractivity contribution is 0.586. The lowest BCUT2D eigenvalue weighted by atomic mass is 10.1. The molecule has 92 valence electrons. The summed E-state index contributed by atoms with van der Waals surface area (Å²) in [6.45, 7) is 1.25. The molecular weight excluding hydrogens is 247 g/mol. The van der Waals surface area contributed by atoms with Crippen molar-refractivity contribution in [1.82, 2.24) is 5.32 Å². The van der Waals surface area contributed by atoms with E-state index in [2.05, 4.69) is 11.4 Å². The van der Waals surface area contributed by atoms with Gasteiger partial charge in [-0.25, -0.2) is 4.39 Å². The second-order valence-electron chi connectivity index (χ2n) is 3.90. The van der Waals surface area contributed by atoms with Gasteiger partial charge in [0.1, 0.15) is 11.9 Å². The van der Waals surface area contributed by atoms with Crippen LogP contribution in [-0.2, 0) is 13.0 Å². The topological polar surface area (TPSA) is 35.8 Å². The first kappa shape index (κ1) is 12.7. The molecule has 1 heterocycles. The van der Waals surface area contributed by atoms with E-state index in [-0.39, 0.29) is 5.56 Å². The summed E-state index contributed by atoms with van der Waals surface area (Å²) in [5, 5.41) is 14.0. The van der Waals surface area contributed by atoms with Crippen molar-refractivity contribution < 1.29 is 4.39 Å². The molecule has 0 aliphatic carbocycles. The molecule has 1 aromatic heterocycles. The molecule has 4 heteroatoms. The summed E-state index contributed by atoms with van der Waals surface area (Å²) in [6.07, 6.45) is 0.942. The standard InChI is InChI=1S/C14H13FN2S/c15-14-11(9-16)3-1-4-12(14)10-17-7-6-13-5-2-8-18-13/h1-5,8,17H,6-7,10H2. The van der Waals surface area contributed by atoms with Gasteiger partial charge >= 0.3 is 0 Å². The van der Waals surface area contributed by atoms with E-state index in [4.69, 9.17) is 5.26 Å². The summed E-state index contributed by atoms with van der Waals surface area (Å²) in [5.74, 6) is -0.413. The molecule has 0 aliphatic rings. The largest absolute Gasteiger partial charge is 0.312 e. The van der Waals surface area contributed by atoms with E-state index >= 15 is 0 Å². The highest BCUT2D eigenvalue weighted by Crippen LogP contribution is 2.12. The molecule has 0 unspecified atom stereocenters. The predicted octanol–water partition coefficient (Wildman–Crippen LogP) is 3.09. The maximum atomic E-state index is 13.7. The summed E-state index contributed by atoms with van der Waals surface area (Å²) in [5.41, 5.74) is 0.646. The second-order valence-corrected chi connectivity index (χ2v) is 4.93. The average Bonchev–Trinajstić information content (AvgIpc) is 2.89. The minimum absolute atomic E-state index is 0.104. The molecule has 2 aromatic rings. The Balaban J connectivity index is 1.85. The summed E-state index contributed by atoms with van der Waals surface area (Å²) < 4.78 is 13.7. The van der Waals surface area contributed by atoms with Gasteiger partial charge in [-0.3, -0.25) is 0 Å². The zero-order valence-electron chi connectivity index (χ0n) is 9.82. The van der Waals surface area contributed by atoms with E-state index in [1.807, 2.05) is 17.5 Å². The van der Waals surface area contributed by atoms with Crippen molar-refractivity contribution in [1.29, 1.82) is 5.26 Å². The maximum absolute atomic E-state index is 13.7. The molecule has 0 atom stereocenters. The normalized spacial score (nSPS) is 10.2. The van der Waals surface area contributed by atoms with Crippen LogP contribution in [0.2, 0.25) is 0 Å². The Morgan fingerprint density at radius 3 is 2.89 bits per heavy atom. The van der Waals surface area contributed by atoms with Crippen LogP contribution in [-0.4, -0.2) is 6.54 Å². The van der Waals surface area contributed by atoms with Gasteiger partial charge in [0.15, 0.2) is 0 Å². The molecule has 0 amide bonds. The summed E-state index contributed by atoms with van der Waals surface area (Å²) in [7, 11) is 0. The fourth-order valence-electron chi connectivity index (χ4n) is 1.69. The Hall–Kier alpha value is -1.70. The van der Waals surface area contributed by atoms with Crippen molar-refractivity contribution in [3.63, 3.8) is 0 Å². The van der Waals surface area contributed by atoms with Gasteiger partial charge in [0.05, 0.1) is 5.56 Å². The molecule has 0 aliphatic heterocycles. The van der Waals surface area contributed by atoms with Gasteiger partial charge in [0, 0.05) is 23.5 Å². The fraction of sp³-hybridized carbons (Fsp3) is 0.214. The Labute approximate surface area is 110 Å². The van der Waals surface area contributed by atoms with E-state index in [0.717, 1.165) is 13.0 Å². The lowest BCUT2D eigenvalue weighted by Gasteiger charge is -2.06. The summed E-state index contributed by atoms with van der Waals surface area (Å²) in [6, 6.07) is 10.9. The Morgan fingerprint density at radius 2 is 2.17 bits per heavy atom. The van der Waals surface area contributed by atoms with Gasteiger partial charge < -0.3 is 5.32 Å². The first-order valence-corrected chi connectivity index (χ1v) is 6.60. The SMILES string of the molecule is N#Cc1cccc(CNCCc2cccs2)c1F. The molecular formula is C14H13FN2S. The van der Waals surface area contributed by atoms with E-state index in [9.17, 15) is 4.39 Å². The molecule has 2 rings (SSSR count). The quantitative estimate of drug-likeness (QED) is 0.839. The third kappa shape index (κ3) is 3.16. The number of rotatable bonds is 5. The van der Waals surface area contributed by atoms with Gasteiger partial charge in [-0.2, -0.15) is 5.26 Å². The number of hydrogen-bond donors (Lipinski definition) is 1. The van der Waals surface area contributed by atoms with Crippen LogP contribution >= 0.6 is 11.3 Å². The van der Waals surface area contributed by atoms with E-state index in [1.165, 1.54) is 10.9 Å². The van der Waals surface area contributed by atoms with Crippen molar-refractivity contribution in [2.45, 2.75) is 13.0 Å². The van der Waals surface area contributed by atoms with Gasteiger partial charge in [-0.05, 0) is 23.9 Å². The zero-order chi connectivity index (χ0) is 12.8. The second kappa shape index (κ2) is 6.29. The highest BCUT2D eigenvalue weighted by atomic mass is 32.1. The Bertz CT molecular complexity index is 543. The minimum atomic E-state index is -0.413. The van der Waals surface area contributed by atoms with Crippen LogP contribution in [0, 0.1) is 17.1 Å².